The molecule has 19 heteroatoms. The highest BCUT2D eigenvalue weighted by atomic mass is 16.7. The third kappa shape index (κ3) is 13.0. The Morgan fingerprint density at radius 1 is 0.705 bits per heavy atom. The van der Waals surface area contributed by atoms with Crippen LogP contribution < -0.4 is 11.2 Å². The van der Waals surface area contributed by atoms with Crippen LogP contribution in [0.25, 0.3) is 6.08 Å². The number of nitrogens with zero attached hydrogens (tertiary/aromatic N) is 1. The molecule has 0 unspecified atom stereocenters. The molecule has 2 fully saturated rings. The SMILES string of the molecule is CC(=O)OC[C@H]1O[C@H](OCCC/C=C/c2cn([C@H]3C[C@H](OC(=O)c4ccccc4)[C@@H](COC(=O)c4ccccc4)O3)c(=O)[nH]c2=O)[C@H](OC(C)=O)[C@@H](OC(C)=O)[C@@H]1OC(C)=O. The smallest absolute Gasteiger partial charge is 0.338 e. The quantitative estimate of drug-likeness (QED) is 0.117. The highest BCUT2D eigenvalue weighted by Gasteiger charge is 2.52. The van der Waals surface area contributed by atoms with E-state index in [4.69, 9.17) is 42.6 Å². The predicted molar refractivity (Wildman–Crippen MR) is 208 cm³/mol. The molecule has 19 nitrogen and oxygen atoms in total. The molecule has 0 spiro atoms. The predicted octanol–water partition coefficient (Wildman–Crippen LogP) is 2.80. The van der Waals surface area contributed by atoms with E-state index in [1.54, 1.807) is 66.7 Å². The summed E-state index contributed by atoms with van der Waals surface area (Å²) in [5.41, 5.74) is -0.816. The average molecular weight is 851 g/mol. The lowest BCUT2D eigenvalue weighted by Crippen LogP contribution is -2.63. The van der Waals surface area contributed by atoms with Crippen LogP contribution in [-0.2, 0) is 61.8 Å². The number of benzene rings is 2. The molecule has 3 aromatic rings. The number of rotatable bonds is 17. The third-order valence-corrected chi connectivity index (χ3v) is 9.19. The molecule has 8 atom stereocenters. The number of nitrogens with one attached hydrogen (secondary N) is 1. The van der Waals surface area contributed by atoms with E-state index in [1.165, 1.54) is 12.3 Å². The van der Waals surface area contributed by atoms with Crippen LogP contribution >= 0.6 is 0 Å². The maximum Gasteiger partial charge on any atom is 0.338 e. The molecule has 2 aromatic carbocycles. The summed E-state index contributed by atoms with van der Waals surface area (Å²) in [6.45, 7) is 3.75. The summed E-state index contributed by atoms with van der Waals surface area (Å²) in [5, 5.41) is 0. The van der Waals surface area contributed by atoms with E-state index in [0.29, 0.717) is 18.4 Å². The van der Waals surface area contributed by atoms with E-state index in [2.05, 4.69) is 4.98 Å². The lowest BCUT2D eigenvalue weighted by atomic mass is 9.98. The molecule has 0 radical (unpaired) electrons. The van der Waals surface area contributed by atoms with Crippen LogP contribution in [0.2, 0.25) is 0 Å². The van der Waals surface area contributed by atoms with Crippen LogP contribution in [0.3, 0.4) is 0 Å². The van der Waals surface area contributed by atoms with Gasteiger partial charge in [0, 0.05) is 40.3 Å². The summed E-state index contributed by atoms with van der Waals surface area (Å²) >= 11 is 0. The van der Waals surface area contributed by atoms with Gasteiger partial charge in [-0.15, -0.1) is 0 Å². The zero-order valence-electron chi connectivity index (χ0n) is 33.8. The van der Waals surface area contributed by atoms with Gasteiger partial charge in [0.15, 0.2) is 24.6 Å². The molecule has 1 aromatic heterocycles. The van der Waals surface area contributed by atoms with Crippen molar-refractivity contribution in [3.8, 4) is 0 Å². The lowest BCUT2D eigenvalue weighted by molar-refractivity contribution is -0.308. The van der Waals surface area contributed by atoms with E-state index in [0.717, 1.165) is 32.3 Å². The fourth-order valence-corrected chi connectivity index (χ4v) is 6.51. The van der Waals surface area contributed by atoms with Crippen LogP contribution in [-0.4, -0.2) is 108 Å². The maximum atomic E-state index is 13.1. The molecule has 5 rings (SSSR count). The largest absolute Gasteiger partial charge is 0.463 e. The maximum absolute atomic E-state index is 13.1. The normalized spacial score (nSPS) is 23.4. The van der Waals surface area contributed by atoms with Crippen molar-refractivity contribution in [2.45, 2.75) is 96.1 Å². The number of H-pyrrole nitrogens is 1. The second kappa shape index (κ2) is 21.7. The Morgan fingerprint density at radius 3 is 1.92 bits per heavy atom. The van der Waals surface area contributed by atoms with Crippen molar-refractivity contribution in [1.82, 2.24) is 9.55 Å². The average Bonchev–Trinajstić information content (AvgIpc) is 3.61. The highest BCUT2D eigenvalue weighted by Crippen LogP contribution is 2.32. The molecule has 0 aliphatic carbocycles. The standard InChI is InChI=1S/C42H46N2O17/c1-24(45)54-23-33-35(56-25(2)46)36(57-26(3)47)37(58-27(4)48)41(61-33)53-19-13-7-12-18-30-21-44(42(52)43-38(30)49)34-20-31(60-40(51)29-16-10-6-11-17-29)32(59-34)22-55-39(50)28-14-8-5-9-15-28/h5-6,8-12,14-18,21,31-37,41H,7,13,19-20,22-23H2,1-4H3,(H,43,49,52)/b18-12+/t31-,32+,33+,34+,35+,36-,37+,41-/m0/s1. The minimum Gasteiger partial charge on any atom is -0.463 e. The summed E-state index contributed by atoms with van der Waals surface area (Å²) in [6.07, 6.45) is -4.55. The molecule has 326 valence electrons. The van der Waals surface area contributed by atoms with E-state index in [-0.39, 0.29) is 30.8 Å². The van der Waals surface area contributed by atoms with E-state index < -0.39 is 103 Å². The minimum atomic E-state index is -1.39. The van der Waals surface area contributed by atoms with Gasteiger partial charge < -0.3 is 42.6 Å². The van der Waals surface area contributed by atoms with Crippen molar-refractivity contribution < 1.29 is 71.4 Å². The number of hydrogen-bond donors (Lipinski definition) is 1. The zero-order chi connectivity index (χ0) is 44.1. The van der Waals surface area contributed by atoms with E-state index in [1.807, 2.05) is 0 Å². The number of unbranched alkanes of at least 4 members (excludes halogenated alkanes) is 1. The highest BCUT2D eigenvalue weighted by molar-refractivity contribution is 5.90. The molecule has 0 bridgehead atoms. The number of aromatic nitrogens is 2. The lowest BCUT2D eigenvalue weighted by Gasteiger charge is -2.44. The first-order valence-electron chi connectivity index (χ1n) is 19.3. The number of allylic oxidation sites excluding steroid dienone is 1. The van der Waals surface area contributed by atoms with Crippen LogP contribution in [0.1, 0.15) is 79.5 Å². The van der Waals surface area contributed by atoms with E-state index in [9.17, 15) is 38.4 Å². The summed E-state index contributed by atoms with van der Waals surface area (Å²) in [6, 6.07) is 16.5. The van der Waals surface area contributed by atoms with Crippen LogP contribution in [0.4, 0.5) is 0 Å². The van der Waals surface area contributed by atoms with Crippen molar-refractivity contribution in [2.24, 2.45) is 0 Å². The number of aromatic amines is 1. The number of esters is 6. The third-order valence-electron chi connectivity index (χ3n) is 9.19. The Hall–Kier alpha value is -6.44. The molecule has 61 heavy (non-hydrogen) atoms. The molecular formula is C42H46N2O17. The molecule has 2 saturated heterocycles. The molecule has 3 heterocycles. The molecule has 2 aliphatic heterocycles. The van der Waals surface area contributed by atoms with Gasteiger partial charge in [0.1, 0.15) is 37.8 Å². The van der Waals surface area contributed by atoms with E-state index >= 15 is 0 Å². The first-order chi connectivity index (χ1) is 29.2. The fraction of sp³-hybridized carbons (Fsp3) is 0.429. The molecule has 1 N–H and O–H groups in total. The monoisotopic (exact) mass is 850 g/mol. The van der Waals surface area contributed by atoms with Crippen molar-refractivity contribution in [1.29, 1.82) is 0 Å². The van der Waals surface area contributed by atoms with Gasteiger partial charge in [0.2, 0.25) is 0 Å². The Labute approximate surface area is 348 Å². The van der Waals surface area contributed by atoms with Gasteiger partial charge in [-0.1, -0.05) is 48.6 Å². The van der Waals surface area contributed by atoms with Gasteiger partial charge in [-0.05, 0) is 37.1 Å². The van der Waals surface area contributed by atoms with Gasteiger partial charge in [0.25, 0.3) is 5.56 Å². The number of ether oxygens (including phenoxy) is 9. The molecular weight excluding hydrogens is 804 g/mol. The minimum absolute atomic E-state index is 0.0161. The van der Waals surface area contributed by atoms with Gasteiger partial charge in [-0.25, -0.2) is 14.4 Å². The zero-order valence-corrected chi connectivity index (χ0v) is 33.8. The number of carbonyl (C=O) groups excluding carboxylic acids is 6. The van der Waals surface area contributed by atoms with Crippen LogP contribution in [0.5, 0.6) is 0 Å². The summed E-state index contributed by atoms with van der Waals surface area (Å²) < 4.78 is 51.7. The fourth-order valence-electron chi connectivity index (χ4n) is 6.51. The Morgan fingerprint density at radius 2 is 1.30 bits per heavy atom. The molecule has 0 amide bonds. The van der Waals surface area contributed by atoms with Crippen molar-refractivity contribution in [3.05, 3.63) is 110 Å². The Bertz CT molecular complexity index is 2170. The van der Waals surface area contributed by atoms with Crippen LogP contribution in [0, 0.1) is 0 Å². The number of carbonyl (C=O) groups is 6. The van der Waals surface area contributed by atoms with Gasteiger partial charge in [0.05, 0.1) is 23.3 Å². The van der Waals surface area contributed by atoms with Crippen LogP contribution in [0.15, 0.2) is 82.5 Å². The van der Waals surface area contributed by atoms with Crippen molar-refractivity contribution in [3.63, 3.8) is 0 Å². The van der Waals surface area contributed by atoms with Gasteiger partial charge in [-0.3, -0.25) is 33.5 Å². The summed E-state index contributed by atoms with van der Waals surface area (Å²) in [5.74, 6) is -4.26. The summed E-state index contributed by atoms with van der Waals surface area (Å²) in [4.78, 5) is 102. The number of hydrogen-bond acceptors (Lipinski definition) is 17. The van der Waals surface area contributed by atoms with Crippen molar-refractivity contribution >= 4 is 41.9 Å². The molecule has 0 saturated carbocycles. The second-order valence-corrected chi connectivity index (χ2v) is 13.9. The molecule has 2 aliphatic rings. The van der Waals surface area contributed by atoms with Gasteiger partial charge >= 0.3 is 41.5 Å². The Balaban J connectivity index is 1.26. The Kier molecular flexibility index (Phi) is 16.2. The first-order valence-corrected chi connectivity index (χ1v) is 19.3. The first kappa shape index (κ1) is 45.6. The van der Waals surface area contributed by atoms with Crippen molar-refractivity contribution in [2.75, 3.05) is 19.8 Å². The topological polar surface area (TPSA) is 240 Å². The summed E-state index contributed by atoms with van der Waals surface area (Å²) in [7, 11) is 0. The van der Waals surface area contributed by atoms with Gasteiger partial charge in [-0.2, -0.15) is 0 Å². The second-order valence-electron chi connectivity index (χ2n) is 13.9.